The van der Waals surface area contributed by atoms with Crippen molar-refractivity contribution in [3.63, 3.8) is 0 Å². The first-order chi connectivity index (χ1) is 16.6. The first-order valence-corrected chi connectivity index (χ1v) is 11.6. The highest BCUT2D eigenvalue weighted by atomic mass is 19.1. The van der Waals surface area contributed by atoms with Crippen molar-refractivity contribution in [2.24, 2.45) is 0 Å². The van der Waals surface area contributed by atoms with Gasteiger partial charge in [0.2, 0.25) is 17.7 Å². The smallest absolute Gasteiger partial charge is 0.232 e. The number of ether oxygens (including phenoxy) is 1. The van der Waals surface area contributed by atoms with Gasteiger partial charge in [-0.25, -0.2) is 4.39 Å². The van der Waals surface area contributed by atoms with Crippen molar-refractivity contribution in [1.82, 2.24) is 15.1 Å². The van der Waals surface area contributed by atoms with Crippen LogP contribution in [-0.4, -0.2) is 40.4 Å². The van der Waals surface area contributed by atoms with Gasteiger partial charge < -0.3 is 14.1 Å². The molecule has 1 amide bonds. The van der Waals surface area contributed by atoms with E-state index in [0.29, 0.717) is 35.7 Å². The quantitative estimate of drug-likeness (QED) is 0.524. The average molecular weight is 480 g/mol. The zero-order chi connectivity index (χ0) is 25.3. The normalized spacial score (nSPS) is 15.6. The van der Waals surface area contributed by atoms with Crippen molar-refractivity contribution < 1.29 is 23.1 Å². The fourth-order valence-electron chi connectivity index (χ4n) is 4.56. The number of Topliss-reactive ketones (excluding diaryl/α,β-unsaturated/α-hetero) is 1. The van der Waals surface area contributed by atoms with Gasteiger partial charge in [-0.2, -0.15) is 0 Å². The highest BCUT2D eigenvalue weighted by Gasteiger charge is 2.36. The van der Waals surface area contributed by atoms with E-state index >= 15 is 0 Å². The van der Waals surface area contributed by atoms with E-state index in [1.165, 1.54) is 6.07 Å². The summed E-state index contributed by atoms with van der Waals surface area (Å²) in [6.07, 6.45) is 0.492. The summed E-state index contributed by atoms with van der Waals surface area (Å²) in [6, 6.07) is 9.65. The number of aromatic nitrogens is 2. The molecular weight excluding hydrogens is 449 g/mol. The van der Waals surface area contributed by atoms with Crippen LogP contribution >= 0.6 is 0 Å². The van der Waals surface area contributed by atoms with Crippen LogP contribution in [0.5, 0.6) is 5.75 Å². The summed E-state index contributed by atoms with van der Waals surface area (Å²) < 4.78 is 25.5. The fraction of sp³-hybridized carbons (Fsp3) is 0.407. The molecule has 0 N–H and O–H groups in total. The number of halogens is 1. The molecule has 0 saturated carbocycles. The molecule has 184 valence electrons. The molecule has 0 radical (unpaired) electrons. The van der Waals surface area contributed by atoms with Crippen LogP contribution in [0.1, 0.15) is 60.8 Å². The molecule has 0 fully saturated rings. The Balaban J connectivity index is 1.65. The van der Waals surface area contributed by atoms with Crippen LogP contribution in [-0.2, 0) is 34.3 Å². The SMILES string of the molecule is COc1ccc2c(c1)CCN(C(=O)Cc1nnc(C)o1)[C@H]2C(=O)Cc1ccc(C(C)(C)C)c(F)c1. The lowest BCUT2D eigenvalue weighted by atomic mass is 9.85. The van der Waals surface area contributed by atoms with E-state index in [1.807, 2.05) is 32.9 Å². The van der Waals surface area contributed by atoms with E-state index in [4.69, 9.17) is 9.15 Å². The van der Waals surface area contributed by atoms with Crippen molar-refractivity contribution in [1.29, 1.82) is 0 Å². The van der Waals surface area contributed by atoms with Crippen LogP contribution in [0, 0.1) is 12.7 Å². The molecule has 0 spiro atoms. The Labute approximate surface area is 204 Å². The molecule has 1 aliphatic rings. The summed E-state index contributed by atoms with van der Waals surface area (Å²) in [5, 5.41) is 7.69. The number of ketones is 1. The molecule has 2 heterocycles. The van der Waals surface area contributed by atoms with Gasteiger partial charge in [0, 0.05) is 19.9 Å². The van der Waals surface area contributed by atoms with E-state index in [1.54, 1.807) is 37.1 Å². The number of benzene rings is 2. The van der Waals surface area contributed by atoms with Crippen LogP contribution in [0.3, 0.4) is 0 Å². The predicted molar refractivity (Wildman–Crippen MR) is 128 cm³/mol. The maximum absolute atomic E-state index is 14.8. The average Bonchev–Trinajstić information content (AvgIpc) is 3.21. The highest BCUT2D eigenvalue weighted by molar-refractivity contribution is 5.92. The zero-order valence-corrected chi connectivity index (χ0v) is 20.7. The fourth-order valence-corrected chi connectivity index (χ4v) is 4.56. The second kappa shape index (κ2) is 9.60. The molecule has 0 unspecified atom stereocenters. The van der Waals surface area contributed by atoms with Gasteiger partial charge in [0.1, 0.15) is 24.0 Å². The molecule has 8 heteroatoms. The van der Waals surface area contributed by atoms with Gasteiger partial charge in [0.25, 0.3) is 0 Å². The molecule has 4 rings (SSSR count). The summed E-state index contributed by atoms with van der Waals surface area (Å²) in [5.41, 5.74) is 2.53. The van der Waals surface area contributed by atoms with Gasteiger partial charge in [-0.15, -0.1) is 10.2 Å². The van der Waals surface area contributed by atoms with Gasteiger partial charge in [-0.1, -0.05) is 39.0 Å². The summed E-state index contributed by atoms with van der Waals surface area (Å²) in [5.74, 6) is 0.473. The van der Waals surface area contributed by atoms with Crippen LogP contribution < -0.4 is 4.74 Å². The third-order valence-electron chi connectivity index (χ3n) is 6.29. The summed E-state index contributed by atoms with van der Waals surface area (Å²) in [7, 11) is 1.59. The number of hydrogen-bond acceptors (Lipinski definition) is 6. The Morgan fingerprint density at radius 3 is 2.54 bits per heavy atom. The van der Waals surface area contributed by atoms with E-state index in [9.17, 15) is 14.0 Å². The van der Waals surface area contributed by atoms with Crippen LogP contribution in [0.15, 0.2) is 40.8 Å². The van der Waals surface area contributed by atoms with E-state index in [2.05, 4.69) is 10.2 Å². The summed E-state index contributed by atoms with van der Waals surface area (Å²) >= 11 is 0. The third kappa shape index (κ3) is 5.26. The van der Waals surface area contributed by atoms with Gasteiger partial charge >= 0.3 is 0 Å². The number of carbonyl (C=O) groups excluding carboxylic acids is 2. The first-order valence-electron chi connectivity index (χ1n) is 11.6. The van der Waals surface area contributed by atoms with Crippen molar-refractivity contribution >= 4 is 11.7 Å². The number of methoxy groups -OCH3 is 1. The van der Waals surface area contributed by atoms with Gasteiger partial charge in [-0.05, 0) is 52.3 Å². The minimum atomic E-state index is -0.800. The second-order valence-electron chi connectivity index (χ2n) is 9.90. The molecule has 1 aliphatic heterocycles. The van der Waals surface area contributed by atoms with Gasteiger partial charge in [0.15, 0.2) is 5.78 Å². The number of amides is 1. The topological polar surface area (TPSA) is 85.5 Å². The Morgan fingerprint density at radius 1 is 1.14 bits per heavy atom. The van der Waals surface area contributed by atoms with Gasteiger partial charge in [-0.3, -0.25) is 9.59 Å². The Morgan fingerprint density at radius 2 is 1.91 bits per heavy atom. The molecule has 35 heavy (non-hydrogen) atoms. The van der Waals surface area contributed by atoms with Crippen molar-refractivity contribution in [3.8, 4) is 5.75 Å². The number of aryl methyl sites for hydroxylation is 1. The molecule has 1 aromatic heterocycles. The van der Waals surface area contributed by atoms with E-state index < -0.39 is 6.04 Å². The largest absolute Gasteiger partial charge is 0.497 e. The minimum absolute atomic E-state index is 0.000917. The van der Waals surface area contributed by atoms with Gasteiger partial charge in [0.05, 0.1) is 7.11 Å². The highest BCUT2D eigenvalue weighted by Crippen LogP contribution is 2.34. The number of nitrogens with zero attached hydrogens (tertiary/aromatic N) is 3. The summed E-state index contributed by atoms with van der Waals surface area (Å²) in [4.78, 5) is 28.5. The van der Waals surface area contributed by atoms with Crippen molar-refractivity contribution in [2.45, 2.75) is 58.4 Å². The second-order valence-corrected chi connectivity index (χ2v) is 9.90. The third-order valence-corrected chi connectivity index (χ3v) is 6.29. The van der Waals surface area contributed by atoms with Crippen molar-refractivity contribution in [3.05, 3.63) is 76.3 Å². The number of fused-ring (bicyclic) bond motifs is 1. The molecule has 0 aliphatic carbocycles. The monoisotopic (exact) mass is 479 g/mol. The predicted octanol–water partition coefficient (Wildman–Crippen LogP) is 4.30. The molecule has 7 nitrogen and oxygen atoms in total. The minimum Gasteiger partial charge on any atom is -0.497 e. The number of rotatable bonds is 6. The van der Waals surface area contributed by atoms with E-state index in [0.717, 1.165) is 11.1 Å². The molecule has 1 atom stereocenters. The maximum atomic E-state index is 14.8. The van der Waals surface area contributed by atoms with Crippen LogP contribution in [0.4, 0.5) is 4.39 Å². The standard InChI is InChI=1S/C27H30FN3O4/c1-16-29-30-24(35-16)15-25(33)31-11-10-18-14-19(34-5)7-8-20(18)26(31)23(32)13-17-6-9-21(22(28)12-17)27(2,3)4/h6-9,12,14,26H,10-11,13,15H2,1-5H3/t26-/m1/s1. The lowest BCUT2D eigenvalue weighted by Crippen LogP contribution is -2.44. The molecule has 0 bridgehead atoms. The molecular formula is C27H30FN3O4. The Hall–Kier alpha value is -3.55. The van der Waals surface area contributed by atoms with Crippen molar-refractivity contribution in [2.75, 3.05) is 13.7 Å². The number of hydrogen-bond donors (Lipinski definition) is 0. The molecule has 3 aromatic rings. The zero-order valence-electron chi connectivity index (χ0n) is 20.7. The van der Waals surface area contributed by atoms with E-state index in [-0.39, 0.29) is 41.7 Å². The Bertz CT molecular complexity index is 1260. The maximum Gasteiger partial charge on any atom is 0.232 e. The molecule has 2 aromatic carbocycles. The van der Waals surface area contributed by atoms with Crippen LogP contribution in [0.25, 0.3) is 0 Å². The van der Waals surface area contributed by atoms with Crippen LogP contribution in [0.2, 0.25) is 0 Å². The summed E-state index contributed by atoms with van der Waals surface area (Å²) in [6.45, 7) is 7.84. The lowest BCUT2D eigenvalue weighted by Gasteiger charge is -2.36. The first kappa shape index (κ1) is 24.6. The molecule has 0 saturated heterocycles. The Kier molecular flexibility index (Phi) is 6.74. The number of carbonyl (C=O) groups is 2. The lowest BCUT2D eigenvalue weighted by molar-refractivity contribution is -0.140.